The molecule has 0 unspecified atom stereocenters. The maximum atomic E-state index is 9.26. The molecule has 0 aliphatic carbocycles. The summed E-state index contributed by atoms with van der Waals surface area (Å²) in [7, 11) is 0. The second-order valence-electron chi connectivity index (χ2n) is 8.58. The maximum Gasteiger partial charge on any atom is 0.0629 e. The van der Waals surface area contributed by atoms with Crippen LogP contribution in [0.3, 0.4) is 0 Å². The zero-order chi connectivity index (χ0) is 38.4. The molecule has 0 saturated heterocycles. The maximum absolute atomic E-state index is 9.26. The molecular weight excluding hydrogens is 456 g/mol. The first-order valence-electron chi connectivity index (χ1n) is 19.4. The fourth-order valence-electron chi connectivity index (χ4n) is 4.85. The van der Waals surface area contributed by atoms with Crippen LogP contribution in [0.2, 0.25) is 0 Å². The third-order valence-corrected chi connectivity index (χ3v) is 6.47. The summed E-state index contributed by atoms with van der Waals surface area (Å²) in [4.78, 5) is 0. The van der Waals surface area contributed by atoms with Crippen LogP contribution in [0.5, 0.6) is 0 Å². The van der Waals surface area contributed by atoms with E-state index in [0.29, 0.717) is 32.7 Å². The average molecular weight is 498 g/mol. The van der Waals surface area contributed by atoms with E-state index in [1.54, 1.807) is 12.1 Å². The molecule has 38 heavy (non-hydrogen) atoms. The molecule has 0 heterocycles. The van der Waals surface area contributed by atoms with Gasteiger partial charge in [0, 0.05) is 0 Å². The van der Waals surface area contributed by atoms with E-state index in [0.717, 1.165) is 5.56 Å². The summed E-state index contributed by atoms with van der Waals surface area (Å²) in [6.07, 6.45) is 0. The minimum Gasteiger partial charge on any atom is -0.0622 e. The summed E-state index contributed by atoms with van der Waals surface area (Å²) in [5.41, 5.74) is 0.500. The van der Waals surface area contributed by atoms with Crippen molar-refractivity contribution in [2.24, 2.45) is 0 Å². The Morgan fingerprint density at radius 3 is 1.24 bits per heavy atom. The Morgan fingerprint density at radius 2 is 0.737 bits per heavy atom. The van der Waals surface area contributed by atoms with Crippen molar-refractivity contribution in [1.82, 2.24) is 0 Å². The van der Waals surface area contributed by atoms with Gasteiger partial charge in [0.15, 0.2) is 0 Å². The SMILES string of the molecule is [2H]c1cc2c(-c3ccccc3)c3cc([2H])c([2H])cc3c(-c3cc([2H])c(-c4c([2H])c([2H])c([2H])c([2H])c4-c4c([2H])c([2H])c([2H])c([2H])c4[2H])c([2H])c3)c2cc1[2H]. The van der Waals surface area contributed by atoms with E-state index in [4.69, 9.17) is 17.8 Å². The Kier molecular flexibility index (Phi) is 2.91. The topological polar surface area (TPSA) is 0 Å². The van der Waals surface area contributed by atoms with Gasteiger partial charge in [0.1, 0.15) is 0 Å². The lowest BCUT2D eigenvalue weighted by Crippen LogP contribution is -1.91. The van der Waals surface area contributed by atoms with Crippen LogP contribution in [0.4, 0.5) is 0 Å². The minimum atomic E-state index is -0.730. The van der Waals surface area contributed by atoms with Gasteiger partial charge in [-0.05, 0) is 66.1 Å². The van der Waals surface area contributed by atoms with Gasteiger partial charge in [0.05, 0.1) is 20.6 Å². The molecule has 0 atom stereocenters. The van der Waals surface area contributed by atoms with Gasteiger partial charge in [0.25, 0.3) is 0 Å². The lowest BCUT2D eigenvalue weighted by atomic mass is 9.85. The smallest absolute Gasteiger partial charge is 0.0622 e. The molecule has 0 aromatic heterocycles. The van der Waals surface area contributed by atoms with E-state index in [1.165, 1.54) is 24.3 Å². The largest absolute Gasteiger partial charge is 0.0629 e. The fourth-order valence-corrected chi connectivity index (χ4v) is 4.85. The van der Waals surface area contributed by atoms with E-state index in [9.17, 15) is 2.74 Å². The summed E-state index contributed by atoms with van der Waals surface area (Å²) in [5.74, 6) is 0. The lowest BCUT2D eigenvalue weighted by molar-refractivity contribution is 1.58. The van der Waals surface area contributed by atoms with Crippen LogP contribution in [0, 0.1) is 0 Å². The summed E-state index contributed by atoms with van der Waals surface area (Å²) in [6.45, 7) is 0. The molecule has 0 aliphatic rings. The van der Waals surface area contributed by atoms with Gasteiger partial charge in [-0.3, -0.25) is 0 Å². The molecule has 0 spiro atoms. The predicted molar refractivity (Wildman–Crippen MR) is 163 cm³/mol. The molecule has 178 valence electrons. The number of rotatable bonds is 4. The molecular formula is C38H26. The fraction of sp³-hybridized carbons (Fsp3) is 0. The van der Waals surface area contributed by atoms with E-state index in [1.807, 2.05) is 30.3 Å². The van der Waals surface area contributed by atoms with E-state index in [-0.39, 0.29) is 52.9 Å². The van der Waals surface area contributed by atoms with Crippen molar-refractivity contribution in [3.8, 4) is 44.5 Å². The minimum absolute atomic E-state index is 0.0562. The van der Waals surface area contributed by atoms with E-state index in [2.05, 4.69) is 0 Å². The molecule has 0 bridgehead atoms. The van der Waals surface area contributed by atoms with Gasteiger partial charge in [-0.2, -0.15) is 0 Å². The Morgan fingerprint density at radius 1 is 0.316 bits per heavy atom. The van der Waals surface area contributed by atoms with Crippen molar-refractivity contribution in [2.45, 2.75) is 0 Å². The third-order valence-electron chi connectivity index (χ3n) is 6.47. The van der Waals surface area contributed by atoms with Crippen LogP contribution in [-0.4, -0.2) is 0 Å². The molecule has 0 fully saturated rings. The Bertz CT molecular complexity index is 2600. The second kappa shape index (κ2) is 9.50. The van der Waals surface area contributed by atoms with E-state index >= 15 is 0 Å². The highest BCUT2D eigenvalue weighted by Gasteiger charge is 2.16. The van der Waals surface area contributed by atoms with Crippen LogP contribution in [0.25, 0.3) is 66.1 Å². The summed E-state index contributed by atoms with van der Waals surface area (Å²) < 4.78 is 129. The predicted octanol–water partition coefficient (Wildman–Crippen LogP) is 10.7. The molecule has 0 saturated carbocycles. The van der Waals surface area contributed by atoms with E-state index < -0.39 is 65.5 Å². The first-order chi connectivity index (χ1) is 25.0. The summed E-state index contributed by atoms with van der Waals surface area (Å²) >= 11 is 0. The Hall–Kier alpha value is -4.94. The van der Waals surface area contributed by atoms with Gasteiger partial charge < -0.3 is 0 Å². The van der Waals surface area contributed by atoms with Gasteiger partial charge >= 0.3 is 0 Å². The van der Waals surface area contributed by atoms with Crippen molar-refractivity contribution in [3.63, 3.8) is 0 Å². The second-order valence-corrected chi connectivity index (χ2v) is 8.58. The molecule has 0 aliphatic heterocycles. The first kappa shape index (κ1) is 11.6. The number of hydrogen-bond acceptors (Lipinski definition) is 0. The highest BCUT2D eigenvalue weighted by molar-refractivity contribution is 6.21. The zero-order valence-corrected chi connectivity index (χ0v) is 19.9. The highest BCUT2D eigenvalue weighted by Crippen LogP contribution is 2.44. The van der Waals surface area contributed by atoms with Crippen LogP contribution in [0.1, 0.15) is 20.6 Å². The van der Waals surface area contributed by atoms with Crippen LogP contribution in [0.15, 0.2) is 157 Å². The first-order valence-corrected chi connectivity index (χ1v) is 11.9. The highest BCUT2D eigenvalue weighted by atomic mass is 14.2. The number of fused-ring (bicyclic) bond motifs is 2. The average Bonchev–Trinajstić information content (AvgIpc) is 3.12. The number of hydrogen-bond donors (Lipinski definition) is 0. The Balaban J connectivity index is 1.61. The zero-order valence-electron chi connectivity index (χ0n) is 34.9. The standard InChI is InChI=1S/C38H26/c1-3-13-27(14-4-1)31-17-7-8-18-32(31)28-23-25-30(26-24-28)38-35-21-11-9-19-33(35)37(29-15-5-2-6-16-29)34-20-10-12-22-36(34)38/h1-26H/i1D,3D,4D,7D,8D,9D,10D,11D,12D,13D,14D,17D,18D,23D,24D. The van der Waals surface area contributed by atoms with Crippen molar-refractivity contribution in [1.29, 1.82) is 0 Å². The molecule has 0 heteroatoms. The van der Waals surface area contributed by atoms with Gasteiger partial charge in [0.2, 0.25) is 0 Å². The third kappa shape index (κ3) is 3.79. The Labute approximate surface area is 244 Å². The number of benzene rings is 7. The molecule has 7 aromatic rings. The van der Waals surface area contributed by atoms with Crippen LogP contribution >= 0.6 is 0 Å². The van der Waals surface area contributed by atoms with Gasteiger partial charge in [-0.25, -0.2) is 0 Å². The van der Waals surface area contributed by atoms with Crippen molar-refractivity contribution < 1.29 is 20.6 Å². The quantitative estimate of drug-likeness (QED) is 0.212. The summed E-state index contributed by atoms with van der Waals surface area (Å²) in [6, 6.07) is 10.6. The molecule has 7 aromatic carbocycles. The molecule has 0 nitrogen and oxygen atoms in total. The van der Waals surface area contributed by atoms with Gasteiger partial charge in [-0.1, -0.05) is 157 Å². The lowest BCUT2D eigenvalue weighted by Gasteiger charge is -2.18. The normalized spacial score (nSPS) is 16.7. The monoisotopic (exact) mass is 497 g/mol. The van der Waals surface area contributed by atoms with Crippen molar-refractivity contribution in [2.75, 3.05) is 0 Å². The van der Waals surface area contributed by atoms with Crippen LogP contribution in [-0.2, 0) is 0 Å². The van der Waals surface area contributed by atoms with Crippen LogP contribution < -0.4 is 0 Å². The molecule has 7 rings (SSSR count). The van der Waals surface area contributed by atoms with Gasteiger partial charge in [-0.15, -0.1) is 0 Å². The van der Waals surface area contributed by atoms with Crippen molar-refractivity contribution in [3.05, 3.63) is 157 Å². The summed E-state index contributed by atoms with van der Waals surface area (Å²) in [5, 5.41) is 2.06. The van der Waals surface area contributed by atoms with Crippen molar-refractivity contribution >= 4 is 21.5 Å². The molecule has 0 N–H and O–H groups in total. The molecule has 0 radical (unpaired) electrons. The molecule has 0 amide bonds.